The summed E-state index contributed by atoms with van der Waals surface area (Å²) in [6, 6.07) is 7.77. The lowest BCUT2D eigenvalue weighted by molar-refractivity contribution is 0.248. The van der Waals surface area contributed by atoms with Crippen molar-refractivity contribution in [2.24, 2.45) is 16.8 Å². The summed E-state index contributed by atoms with van der Waals surface area (Å²) in [7, 11) is 0. The van der Waals surface area contributed by atoms with E-state index in [2.05, 4.69) is 71.3 Å². The van der Waals surface area contributed by atoms with E-state index in [4.69, 9.17) is 10.1 Å². The smallest absolute Gasteiger partial charge is 0.146 e. The van der Waals surface area contributed by atoms with Crippen molar-refractivity contribution >= 4 is 11.4 Å². The van der Waals surface area contributed by atoms with Crippen LogP contribution in [0.4, 0.5) is 10.1 Å². The SMILES string of the molecule is CC(C)CO.CCC(Nc1ccccc1F)C(C)C.C\C=C(C)/C(C)=N\C(=C\CC)NC1CCCCC1. The first-order chi connectivity index (χ1) is 17.6. The summed E-state index contributed by atoms with van der Waals surface area (Å²) in [5.41, 5.74) is 2.97. The summed E-state index contributed by atoms with van der Waals surface area (Å²) in [4.78, 5) is 4.73. The van der Waals surface area contributed by atoms with Crippen molar-refractivity contribution in [3.05, 3.63) is 53.6 Å². The van der Waals surface area contributed by atoms with Crippen LogP contribution < -0.4 is 10.6 Å². The van der Waals surface area contributed by atoms with E-state index < -0.39 is 0 Å². The van der Waals surface area contributed by atoms with Crippen molar-refractivity contribution in [2.75, 3.05) is 11.9 Å². The first-order valence-electron chi connectivity index (χ1n) is 14.4. The number of benzene rings is 1. The van der Waals surface area contributed by atoms with E-state index in [1.807, 2.05) is 19.9 Å². The van der Waals surface area contributed by atoms with Crippen LogP contribution in [0.1, 0.15) is 107 Å². The van der Waals surface area contributed by atoms with Gasteiger partial charge in [-0.1, -0.05) is 79.0 Å². The topological polar surface area (TPSA) is 56.6 Å². The van der Waals surface area contributed by atoms with Gasteiger partial charge >= 0.3 is 0 Å². The molecule has 1 unspecified atom stereocenters. The molecule has 0 heterocycles. The lowest BCUT2D eigenvalue weighted by Crippen LogP contribution is -2.30. The molecule has 1 aliphatic carbocycles. The molecule has 1 aromatic rings. The van der Waals surface area contributed by atoms with Crippen molar-refractivity contribution in [1.29, 1.82) is 0 Å². The van der Waals surface area contributed by atoms with Crippen LogP contribution in [0.2, 0.25) is 0 Å². The van der Waals surface area contributed by atoms with Crippen LogP contribution >= 0.6 is 0 Å². The zero-order chi connectivity index (χ0) is 28.2. The average molecular weight is 518 g/mol. The Bertz CT molecular complexity index is 808. The summed E-state index contributed by atoms with van der Waals surface area (Å²) < 4.78 is 13.3. The fraction of sp³-hybridized carbons (Fsp3) is 0.656. The molecule has 3 N–H and O–H groups in total. The van der Waals surface area contributed by atoms with Crippen LogP contribution in [-0.2, 0) is 0 Å². The second kappa shape index (κ2) is 20.9. The van der Waals surface area contributed by atoms with Crippen LogP contribution in [0.3, 0.4) is 0 Å². The standard InChI is InChI=1S/C16H28N2.C12H18FN.C4H10O/c1-5-10-16(17-14(4)13(3)6-2)18-15-11-8-7-9-12-15;1-4-11(9(2)3)14-12-8-6-5-7-10(12)13;1-4(2)3-5/h6,10,15,18H,5,7-9,11-12H2,1-4H3;5-9,11,14H,4H2,1-3H3;4-5H,3H2,1-2H3/b13-6-,16-10-,17-14-;;. The van der Waals surface area contributed by atoms with Crippen molar-refractivity contribution in [1.82, 2.24) is 5.32 Å². The number of anilines is 1. The fourth-order valence-corrected chi connectivity index (χ4v) is 3.78. The predicted octanol–water partition coefficient (Wildman–Crippen LogP) is 8.89. The van der Waals surface area contributed by atoms with Crippen molar-refractivity contribution in [3.8, 4) is 0 Å². The molecule has 5 heteroatoms. The second-order valence-corrected chi connectivity index (χ2v) is 10.6. The Balaban J connectivity index is 0.000000605. The molecule has 0 aliphatic heterocycles. The number of aliphatic hydroxyl groups is 1. The van der Waals surface area contributed by atoms with Gasteiger partial charge in [-0.15, -0.1) is 0 Å². The Morgan fingerprint density at radius 2 is 1.68 bits per heavy atom. The van der Waals surface area contributed by atoms with Gasteiger partial charge in [-0.3, -0.25) is 0 Å². The maximum atomic E-state index is 13.3. The molecular weight excluding hydrogens is 461 g/mol. The first kappa shape index (κ1) is 34.9. The summed E-state index contributed by atoms with van der Waals surface area (Å²) >= 11 is 0. The number of allylic oxidation sites excluding steroid dienone is 3. The molecule has 0 saturated heterocycles. The summed E-state index contributed by atoms with van der Waals surface area (Å²) in [5, 5.41) is 15.0. The molecule has 2 rings (SSSR count). The number of aliphatic imine (C=N–C) groups is 1. The number of nitrogens with one attached hydrogen (secondary N) is 2. The van der Waals surface area contributed by atoms with Crippen molar-refractivity contribution < 1.29 is 9.50 Å². The van der Waals surface area contributed by atoms with Gasteiger partial charge in [0.15, 0.2) is 0 Å². The van der Waals surface area contributed by atoms with Crippen molar-refractivity contribution in [2.45, 2.75) is 119 Å². The number of hydrogen-bond donors (Lipinski definition) is 3. The molecule has 4 nitrogen and oxygen atoms in total. The molecule has 1 atom stereocenters. The van der Waals surface area contributed by atoms with Gasteiger partial charge in [0.05, 0.1) is 5.69 Å². The number of nitrogens with zero attached hydrogens (tertiary/aromatic N) is 1. The molecule has 1 fully saturated rings. The van der Waals surface area contributed by atoms with Gasteiger partial charge in [-0.25, -0.2) is 9.38 Å². The summed E-state index contributed by atoms with van der Waals surface area (Å²) in [6.45, 7) is 19.1. The molecule has 0 spiro atoms. The minimum absolute atomic E-state index is 0.174. The predicted molar refractivity (Wildman–Crippen MR) is 162 cm³/mol. The molecular formula is C32H56FN3O. The van der Waals surface area contributed by atoms with E-state index in [9.17, 15) is 4.39 Å². The highest BCUT2D eigenvalue weighted by Crippen LogP contribution is 2.19. The molecule has 212 valence electrons. The third kappa shape index (κ3) is 16.3. The molecule has 1 saturated carbocycles. The maximum absolute atomic E-state index is 13.3. The minimum Gasteiger partial charge on any atom is -0.396 e. The summed E-state index contributed by atoms with van der Waals surface area (Å²) in [5.74, 6) is 1.84. The van der Waals surface area contributed by atoms with Crippen LogP contribution in [-0.4, -0.2) is 29.5 Å². The van der Waals surface area contributed by atoms with Gasteiger partial charge in [0.1, 0.15) is 11.6 Å². The highest BCUT2D eigenvalue weighted by atomic mass is 19.1. The third-order valence-corrected chi connectivity index (χ3v) is 6.47. The van der Waals surface area contributed by atoms with Gasteiger partial charge in [-0.2, -0.15) is 0 Å². The fourth-order valence-electron chi connectivity index (χ4n) is 3.78. The Hall–Kier alpha value is -2.14. The lowest BCUT2D eigenvalue weighted by Gasteiger charge is -2.24. The van der Waals surface area contributed by atoms with Gasteiger partial charge < -0.3 is 15.7 Å². The van der Waals surface area contributed by atoms with Crippen LogP contribution in [0.15, 0.2) is 52.8 Å². The zero-order valence-corrected chi connectivity index (χ0v) is 25.2. The monoisotopic (exact) mass is 517 g/mol. The molecule has 1 aliphatic rings. The minimum atomic E-state index is -0.174. The normalized spacial score (nSPS) is 16.0. The van der Waals surface area contributed by atoms with Gasteiger partial charge in [0.2, 0.25) is 0 Å². The zero-order valence-electron chi connectivity index (χ0n) is 25.2. The van der Waals surface area contributed by atoms with Gasteiger partial charge in [0, 0.05) is 24.4 Å². The van der Waals surface area contributed by atoms with E-state index in [0.29, 0.717) is 36.2 Å². The Kier molecular flexibility index (Phi) is 19.7. The number of halogens is 1. The summed E-state index contributed by atoms with van der Waals surface area (Å²) in [6.07, 6.45) is 13.0. The Labute approximate surface area is 228 Å². The average Bonchev–Trinajstić information content (AvgIpc) is 2.88. The van der Waals surface area contributed by atoms with Crippen molar-refractivity contribution in [3.63, 3.8) is 0 Å². The molecule has 0 aromatic heterocycles. The van der Waals surface area contributed by atoms with Gasteiger partial charge in [0.25, 0.3) is 0 Å². The largest absolute Gasteiger partial charge is 0.396 e. The van der Waals surface area contributed by atoms with Crippen LogP contribution in [0.25, 0.3) is 0 Å². The van der Waals surface area contributed by atoms with Gasteiger partial charge in [-0.05, 0) is 82.1 Å². The van der Waals surface area contributed by atoms with Crippen LogP contribution in [0, 0.1) is 17.7 Å². The van der Waals surface area contributed by atoms with E-state index >= 15 is 0 Å². The molecule has 37 heavy (non-hydrogen) atoms. The van der Waals surface area contributed by atoms with Crippen LogP contribution in [0.5, 0.6) is 0 Å². The Morgan fingerprint density at radius 3 is 2.14 bits per heavy atom. The molecule has 0 radical (unpaired) electrons. The Morgan fingerprint density at radius 1 is 1.08 bits per heavy atom. The molecule has 1 aromatic carbocycles. The molecule has 0 amide bonds. The van der Waals surface area contributed by atoms with E-state index in [-0.39, 0.29) is 5.82 Å². The number of para-hydroxylation sites is 1. The van der Waals surface area contributed by atoms with E-state index in [1.165, 1.54) is 43.7 Å². The van der Waals surface area contributed by atoms with E-state index in [1.54, 1.807) is 12.1 Å². The highest BCUT2D eigenvalue weighted by molar-refractivity contribution is 5.98. The number of aliphatic hydroxyl groups excluding tert-OH is 1. The lowest BCUT2D eigenvalue weighted by atomic mass is 9.95. The highest BCUT2D eigenvalue weighted by Gasteiger charge is 2.14. The number of rotatable bonds is 10. The first-order valence-corrected chi connectivity index (χ1v) is 14.4. The van der Waals surface area contributed by atoms with E-state index in [0.717, 1.165) is 24.4 Å². The second-order valence-electron chi connectivity index (χ2n) is 10.6. The maximum Gasteiger partial charge on any atom is 0.146 e. The third-order valence-electron chi connectivity index (χ3n) is 6.47. The quantitative estimate of drug-likeness (QED) is 0.272. The molecule has 0 bridgehead atoms. The number of hydrogen-bond acceptors (Lipinski definition) is 4.